The molecule has 1 aliphatic carbocycles. The van der Waals surface area contributed by atoms with Crippen molar-refractivity contribution < 1.29 is 22.4 Å². The first kappa shape index (κ1) is 22.1. The van der Waals surface area contributed by atoms with Crippen LogP contribution in [0, 0.1) is 11.7 Å². The van der Waals surface area contributed by atoms with Crippen LogP contribution >= 0.6 is 11.6 Å². The number of rotatable bonds is 4. The molecule has 168 valence electrons. The molecule has 2 heterocycles. The summed E-state index contributed by atoms with van der Waals surface area (Å²) >= 11 is 5.78. The largest absolute Gasteiger partial charge is 0.435 e. The van der Waals surface area contributed by atoms with E-state index in [1.807, 2.05) is 0 Å². The van der Waals surface area contributed by atoms with Gasteiger partial charge in [-0.3, -0.25) is 9.48 Å². The molecular weight excluding hydrogens is 434 g/mol. The number of carbonyl (C=O) groups is 1. The fourth-order valence-corrected chi connectivity index (χ4v) is 4.79. The highest BCUT2D eigenvalue weighted by molar-refractivity contribution is 6.30. The normalized spacial score (nSPS) is 17.6. The van der Waals surface area contributed by atoms with Gasteiger partial charge >= 0.3 is 6.18 Å². The Hall–Kier alpha value is -2.09. The third kappa shape index (κ3) is 4.89. The van der Waals surface area contributed by atoms with Gasteiger partial charge in [0.1, 0.15) is 5.82 Å². The molecule has 1 amide bonds. The predicted octanol–water partition coefficient (Wildman–Crippen LogP) is 5.60. The first-order chi connectivity index (χ1) is 14.7. The van der Waals surface area contributed by atoms with Crippen molar-refractivity contribution in [3.05, 3.63) is 51.6 Å². The number of aromatic nitrogens is 2. The molecule has 0 N–H and O–H groups in total. The Kier molecular flexibility index (Phi) is 6.28. The Balaban J connectivity index is 1.59. The summed E-state index contributed by atoms with van der Waals surface area (Å²) in [6.07, 6.45) is 1.40. The van der Waals surface area contributed by atoms with E-state index in [1.165, 1.54) is 23.2 Å². The predicted molar refractivity (Wildman–Crippen MR) is 108 cm³/mol. The van der Waals surface area contributed by atoms with Crippen molar-refractivity contribution in [2.45, 2.75) is 64.2 Å². The molecule has 0 unspecified atom stereocenters. The number of halogens is 5. The van der Waals surface area contributed by atoms with Crippen LogP contribution < -0.4 is 0 Å². The third-order valence-electron chi connectivity index (χ3n) is 6.28. The van der Waals surface area contributed by atoms with Gasteiger partial charge in [0.25, 0.3) is 0 Å². The number of benzene rings is 1. The van der Waals surface area contributed by atoms with E-state index in [1.54, 1.807) is 4.90 Å². The van der Waals surface area contributed by atoms with Crippen LogP contribution in [-0.2, 0) is 30.5 Å². The Labute approximate surface area is 183 Å². The van der Waals surface area contributed by atoms with Crippen molar-refractivity contribution >= 4 is 17.5 Å². The molecule has 31 heavy (non-hydrogen) atoms. The van der Waals surface area contributed by atoms with Crippen molar-refractivity contribution in [1.29, 1.82) is 0 Å². The van der Waals surface area contributed by atoms with Gasteiger partial charge in [-0.05, 0) is 37.3 Å². The molecule has 1 saturated carbocycles. The molecule has 2 aliphatic rings. The molecule has 1 aromatic carbocycles. The molecule has 0 bridgehead atoms. The molecule has 4 nitrogen and oxygen atoms in total. The second-order valence-corrected chi connectivity index (χ2v) is 8.87. The molecule has 2 aromatic rings. The van der Waals surface area contributed by atoms with Crippen LogP contribution in [0.5, 0.6) is 0 Å². The fourth-order valence-electron chi connectivity index (χ4n) is 4.63. The van der Waals surface area contributed by atoms with Crippen molar-refractivity contribution in [3.63, 3.8) is 0 Å². The van der Waals surface area contributed by atoms with Crippen molar-refractivity contribution in [2.75, 3.05) is 6.54 Å². The molecule has 1 fully saturated rings. The highest BCUT2D eigenvalue weighted by Gasteiger charge is 2.41. The number of alkyl halides is 3. The van der Waals surface area contributed by atoms with Crippen molar-refractivity contribution in [3.8, 4) is 0 Å². The summed E-state index contributed by atoms with van der Waals surface area (Å²) in [6.45, 7) is 0.133. The molecule has 0 saturated heterocycles. The molecule has 9 heteroatoms. The van der Waals surface area contributed by atoms with Crippen LogP contribution in [0.1, 0.15) is 61.0 Å². The van der Waals surface area contributed by atoms with E-state index in [0.29, 0.717) is 18.0 Å². The van der Waals surface area contributed by atoms with Gasteiger partial charge in [-0.1, -0.05) is 36.9 Å². The zero-order valence-electron chi connectivity index (χ0n) is 17.0. The van der Waals surface area contributed by atoms with Gasteiger partial charge in [-0.15, -0.1) is 0 Å². The fraction of sp³-hybridized carbons (Fsp3) is 0.545. The zero-order chi connectivity index (χ0) is 22.2. The van der Waals surface area contributed by atoms with E-state index >= 15 is 0 Å². The monoisotopic (exact) mass is 457 g/mol. The van der Waals surface area contributed by atoms with E-state index in [4.69, 9.17) is 11.6 Å². The summed E-state index contributed by atoms with van der Waals surface area (Å²) in [7, 11) is 0. The topological polar surface area (TPSA) is 38.1 Å². The summed E-state index contributed by atoms with van der Waals surface area (Å²) in [5, 5.41) is 3.99. The van der Waals surface area contributed by atoms with Crippen LogP contribution in [0.15, 0.2) is 18.2 Å². The maximum Gasteiger partial charge on any atom is 0.435 e. The maximum absolute atomic E-state index is 14.3. The van der Waals surface area contributed by atoms with Crippen molar-refractivity contribution in [1.82, 2.24) is 14.7 Å². The van der Waals surface area contributed by atoms with Crippen LogP contribution in [0.4, 0.5) is 17.6 Å². The summed E-state index contributed by atoms with van der Waals surface area (Å²) in [5.41, 5.74) is -0.334. The van der Waals surface area contributed by atoms with E-state index in [9.17, 15) is 22.4 Å². The van der Waals surface area contributed by atoms with Gasteiger partial charge in [0.2, 0.25) is 5.91 Å². The van der Waals surface area contributed by atoms with Gasteiger partial charge in [0, 0.05) is 29.1 Å². The van der Waals surface area contributed by atoms with Crippen LogP contribution in [0.3, 0.4) is 0 Å². The highest BCUT2D eigenvalue weighted by Crippen LogP contribution is 2.36. The lowest BCUT2D eigenvalue weighted by Crippen LogP contribution is -2.38. The number of fused-ring (bicyclic) bond motifs is 1. The first-order valence-corrected chi connectivity index (χ1v) is 11.0. The number of carbonyl (C=O) groups excluding carboxylic acids is 1. The Morgan fingerprint density at radius 3 is 2.61 bits per heavy atom. The zero-order valence-corrected chi connectivity index (χ0v) is 17.8. The van der Waals surface area contributed by atoms with Crippen LogP contribution in [-0.4, -0.2) is 27.1 Å². The molecular formula is C22H24ClF4N3O. The van der Waals surface area contributed by atoms with Gasteiger partial charge < -0.3 is 4.90 Å². The lowest BCUT2D eigenvalue weighted by atomic mass is 9.86. The molecule has 0 atom stereocenters. The molecule has 0 radical (unpaired) electrons. The third-order valence-corrected chi connectivity index (χ3v) is 6.52. The summed E-state index contributed by atoms with van der Waals surface area (Å²) < 4.78 is 56.2. The second-order valence-electron chi connectivity index (χ2n) is 8.44. The lowest BCUT2D eigenvalue weighted by Gasteiger charge is -2.30. The average Bonchev–Trinajstić information content (AvgIpc) is 3.09. The van der Waals surface area contributed by atoms with E-state index in [2.05, 4.69) is 5.10 Å². The number of amides is 1. The minimum atomic E-state index is -4.61. The van der Waals surface area contributed by atoms with Gasteiger partial charge in [-0.2, -0.15) is 18.3 Å². The SMILES string of the molecule is O=C(CC1CCCCC1)N1CCc2c(C(F)(F)F)nn(Cc3ccc(Cl)cc3F)c2C1. The highest BCUT2D eigenvalue weighted by atomic mass is 35.5. The molecule has 4 rings (SSSR count). The standard InChI is InChI=1S/C22H24ClF4N3O/c23-16-7-6-15(18(24)11-16)12-30-19-13-29(20(31)10-14-4-2-1-3-5-14)9-8-17(19)21(28-30)22(25,26)27/h6-7,11,14H,1-5,8-10,12-13H2. The van der Waals surface area contributed by atoms with Gasteiger partial charge in [-0.25, -0.2) is 4.39 Å². The maximum atomic E-state index is 14.3. The number of nitrogens with zero attached hydrogens (tertiary/aromatic N) is 3. The minimum absolute atomic E-state index is 0.0310. The Morgan fingerprint density at radius 2 is 1.94 bits per heavy atom. The Morgan fingerprint density at radius 1 is 1.19 bits per heavy atom. The molecule has 0 spiro atoms. The average molecular weight is 458 g/mol. The smallest absolute Gasteiger partial charge is 0.336 e. The second kappa shape index (κ2) is 8.81. The van der Waals surface area contributed by atoms with E-state index < -0.39 is 17.7 Å². The lowest BCUT2D eigenvalue weighted by molar-refractivity contribution is -0.142. The quantitative estimate of drug-likeness (QED) is 0.561. The van der Waals surface area contributed by atoms with Crippen LogP contribution in [0.25, 0.3) is 0 Å². The number of hydrogen-bond donors (Lipinski definition) is 0. The van der Waals surface area contributed by atoms with Crippen LogP contribution in [0.2, 0.25) is 5.02 Å². The number of hydrogen-bond acceptors (Lipinski definition) is 2. The Bertz CT molecular complexity index is 966. The minimum Gasteiger partial charge on any atom is -0.336 e. The molecule has 1 aliphatic heterocycles. The van der Waals surface area contributed by atoms with Gasteiger partial charge in [0.05, 0.1) is 18.8 Å². The van der Waals surface area contributed by atoms with Crippen molar-refractivity contribution in [2.24, 2.45) is 5.92 Å². The van der Waals surface area contributed by atoms with E-state index in [0.717, 1.165) is 31.7 Å². The van der Waals surface area contributed by atoms with E-state index in [-0.39, 0.29) is 48.1 Å². The molecule has 1 aromatic heterocycles. The van der Waals surface area contributed by atoms with Gasteiger partial charge in [0.15, 0.2) is 5.69 Å². The summed E-state index contributed by atoms with van der Waals surface area (Å²) in [4.78, 5) is 14.5. The first-order valence-electron chi connectivity index (χ1n) is 10.6. The summed E-state index contributed by atoms with van der Waals surface area (Å²) in [5.74, 6) is -0.288. The summed E-state index contributed by atoms with van der Waals surface area (Å²) in [6, 6.07) is 4.05.